The van der Waals surface area contributed by atoms with Gasteiger partial charge >= 0.3 is 0 Å². The summed E-state index contributed by atoms with van der Waals surface area (Å²) in [7, 11) is 0. The highest BCUT2D eigenvalue weighted by atomic mass is 16.3. The minimum atomic E-state index is -0.434. The normalized spacial score (nSPS) is 16.2. The van der Waals surface area contributed by atoms with Crippen molar-refractivity contribution < 1.29 is 4.42 Å². The van der Waals surface area contributed by atoms with E-state index in [2.05, 4.69) is 139 Å². The first-order valence-electron chi connectivity index (χ1n) is 16.2. The second-order valence-corrected chi connectivity index (χ2v) is 12.1. The van der Waals surface area contributed by atoms with E-state index in [9.17, 15) is 0 Å². The van der Waals surface area contributed by atoms with Gasteiger partial charge in [-0.1, -0.05) is 127 Å². The first-order chi connectivity index (χ1) is 23.3. The lowest BCUT2D eigenvalue weighted by atomic mass is 9.99. The van der Waals surface area contributed by atoms with Crippen molar-refractivity contribution in [1.82, 2.24) is 5.32 Å². The molecule has 0 amide bonds. The summed E-state index contributed by atoms with van der Waals surface area (Å²) in [5.74, 6) is 1.65. The molecule has 224 valence electrons. The third-order valence-corrected chi connectivity index (χ3v) is 9.16. The molecule has 0 saturated heterocycles. The first kappa shape index (κ1) is 27.3. The maximum atomic E-state index is 6.45. The van der Waals surface area contributed by atoms with Crippen LogP contribution in [0.4, 0.5) is 0 Å². The number of fused-ring (bicyclic) bond motifs is 4. The predicted octanol–water partition coefficient (Wildman–Crippen LogP) is 10.8. The Morgan fingerprint density at radius 1 is 0.553 bits per heavy atom. The van der Waals surface area contributed by atoms with E-state index in [0.29, 0.717) is 0 Å². The molecule has 1 unspecified atom stereocenters. The zero-order chi connectivity index (χ0) is 31.2. The van der Waals surface area contributed by atoms with Crippen LogP contribution in [0.3, 0.4) is 0 Å². The molecule has 1 atom stereocenters. The molecule has 1 aliphatic carbocycles. The van der Waals surface area contributed by atoms with Crippen molar-refractivity contribution in [2.45, 2.75) is 19.0 Å². The lowest BCUT2D eigenvalue weighted by molar-refractivity contribution is 0.668. The molecule has 6 aromatic carbocycles. The van der Waals surface area contributed by atoms with Gasteiger partial charge in [0.05, 0.1) is 0 Å². The largest absolute Gasteiger partial charge is 0.456 e. The number of amidine groups is 2. The number of nitrogens with zero attached hydrogens (tertiary/aromatic N) is 2. The predicted molar refractivity (Wildman–Crippen MR) is 195 cm³/mol. The third-order valence-electron chi connectivity index (χ3n) is 9.16. The van der Waals surface area contributed by atoms with Gasteiger partial charge in [-0.2, -0.15) is 0 Å². The van der Waals surface area contributed by atoms with E-state index >= 15 is 0 Å². The lowest BCUT2D eigenvalue weighted by Crippen LogP contribution is -2.36. The van der Waals surface area contributed by atoms with Gasteiger partial charge in [-0.25, -0.2) is 9.98 Å². The van der Waals surface area contributed by atoms with Crippen LogP contribution in [0, 0.1) is 0 Å². The van der Waals surface area contributed by atoms with Gasteiger partial charge in [-0.15, -0.1) is 0 Å². The van der Waals surface area contributed by atoms with Crippen LogP contribution >= 0.6 is 0 Å². The number of nitrogens with one attached hydrogen (secondary N) is 1. The molecule has 0 bridgehead atoms. The molecule has 1 aromatic heterocycles. The van der Waals surface area contributed by atoms with Gasteiger partial charge in [-0.05, 0) is 70.1 Å². The molecule has 0 saturated carbocycles. The van der Waals surface area contributed by atoms with E-state index in [-0.39, 0.29) is 0 Å². The fraction of sp³-hybridized carbons (Fsp3) is 0.0698. The lowest BCUT2D eigenvalue weighted by Gasteiger charge is -2.24. The Bertz CT molecular complexity index is 2430. The van der Waals surface area contributed by atoms with Crippen LogP contribution < -0.4 is 5.32 Å². The monoisotopic (exact) mass is 605 g/mol. The Labute approximate surface area is 273 Å². The van der Waals surface area contributed by atoms with Crippen molar-refractivity contribution in [3.8, 4) is 22.3 Å². The molecule has 2 heterocycles. The molecule has 4 heteroatoms. The number of rotatable bonds is 5. The SMILES string of the molecule is C1=CC(C2=NC(c3cccc4oc5cc(-c6ccccc6)ccc5c34)N=C(c3ccc(-c4ccc5ccccc5c4)cc3)N2)=CCC1. The third kappa shape index (κ3) is 5.04. The van der Waals surface area contributed by atoms with E-state index in [0.717, 1.165) is 74.3 Å². The van der Waals surface area contributed by atoms with Gasteiger partial charge in [0.25, 0.3) is 0 Å². The minimum Gasteiger partial charge on any atom is -0.456 e. The number of furan rings is 1. The molecule has 1 N–H and O–H groups in total. The zero-order valence-electron chi connectivity index (χ0n) is 25.7. The van der Waals surface area contributed by atoms with Crippen molar-refractivity contribution in [2.75, 3.05) is 0 Å². The molecule has 4 nitrogen and oxygen atoms in total. The Balaban J connectivity index is 1.13. The van der Waals surface area contributed by atoms with E-state index in [1.807, 2.05) is 18.2 Å². The van der Waals surface area contributed by atoms with Crippen LogP contribution in [0.25, 0.3) is 55.0 Å². The summed E-state index contributed by atoms with van der Waals surface area (Å²) in [6, 6.07) is 46.9. The Kier molecular flexibility index (Phi) is 6.64. The van der Waals surface area contributed by atoms with Crippen LogP contribution in [0.1, 0.15) is 30.1 Å². The highest BCUT2D eigenvalue weighted by Gasteiger charge is 2.24. The number of aliphatic imine (C=N–C) groups is 2. The number of benzene rings is 6. The van der Waals surface area contributed by atoms with E-state index in [1.165, 1.54) is 21.9 Å². The van der Waals surface area contributed by atoms with Crippen molar-refractivity contribution in [1.29, 1.82) is 0 Å². The maximum Gasteiger partial charge on any atom is 0.170 e. The van der Waals surface area contributed by atoms with Gasteiger partial charge < -0.3 is 9.73 Å². The summed E-state index contributed by atoms with van der Waals surface area (Å²) < 4.78 is 6.45. The van der Waals surface area contributed by atoms with Crippen LogP contribution in [-0.4, -0.2) is 11.7 Å². The minimum absolute atomic E-state index is 0.434. The van der Waals surface area contributed by atoms with Crippen LogP contribution in [-0.2, 0) is 0 Å². The van der Waals surface area contributed by atoms with Crippen molar-refractivity contribution in [3.63, 3.8) is 0 Å². The van der Waals surface area contributed by atoms with Crippen LogP contribution in [0.5, 0.6) is 0 Å². The fourth-order valence-electron chi connectivity index (χ4n) is 6.74. The summed E-state index contributed by atoms with van der Waals surface area (Å²) in [5.41, 5.74) is 9.50. The average molecular weight is 606 g/mol. The molecule has 0 radical (unpaired) electrons. The number of hydrogen-bond donors (Lipinski definition) is 1. The molecule has 1 aliphatic heterocycles. The van der Waals surface area contributed by atoms with Crippen LogP contribution in [0.15, 0.2) is 172 Å². The summed E-state index contributed by atoms with van der Waals surface area (Å²) in [5, 5.41) is 8.19. The highest BCUT2D eigenvalue weighted by Crippen LogP contribution is 2.38. The Morgan fingerprint density at radius 2 is 1.28 bits per heavy atom. The number of hydrogen-bond acceptors (Lipinski definition) is 4. The Morgan fingerprint density at radius 3 is 2.13 bits per heavy atom. The summed E-state index contributed by atoms with van der Waals surface area (Å²) in [6.45, 7) is 0. The summed E-state index contributed by atoms with van der Waals surface area (Å²) >= 11 is 0. The van der Waals surface area contributed by atoms with Crippen molar-refractivity contribution in [3.05, 3.63) is 168 Å². The molecular formula is C43H31N3O. The smallest absolute Gasteiger partial charge is 0.170 e. The van der Waals surface area contributed by atoms with Gasteiger partial charge in [0, 0.05) is 27.5 Å². The highest BCUT2D eigenvalue weighted by molar-refractivity contribution is 6.17. The van der Waals surface area contributed by atoms with Crippen molar-refractivity contribution in [2.24, 2.45) is 9.98 Å². The molecular weight excluding hydrogens is 574 g/mol. The van der Waals surface area contributed by atoms with E-state index in [1.54, 1.807) is 0 Å². The maximum absolute atomic E-state index is 6.45. The van der Waals surface area contributed by atoms with Gasteiger partial charge in [0.2, 0.25) is 0 Å². The Hall–Kier alpha value is -6.00. The van der Waals surface area contributed by atoms with Crippen LogP contribution in [0.2, 0.25) is 0 Å². The molecule has 9 rings (SSSR count). The van der Waals surface area contributed by atoms with Gasteiger partial charge in [0.15, 0.2) is 6.17 Å². The van der Waals surface area contributed by atoms with Crippen molar-refractivity contribution >= 4 is 44.4 Å². The summed E-state index contributed by atoms with van der Waals surface area (Å²) in [4.78, 5) is 10.4. The molecule has 0 fully saturated rings. The van der Waals surface area contributed by atoms with Gasteiger partial charge in [0.1, 0.15) is 22.8 Å². The number of allylic oxidation sites excluding steroid dienone is 2. The fourth-order valence-corrected chi connectivity index (χ4v) is 6.74. The quantitative estimate of drug-likeness (QED) is 0.212. The van der Waals surface area contributed by atoms with E-state index < -0.39 is 6.17 Å². The average Bonchev–Trinajstić information content (AvgIpc) is 3.53. The molecule has 2 aliphatic rings. The molecule has 0 spiro atoms. The summed E-state index contributed by atoms with van der Waals surface area (Å²) in [6.07, 6.45) is 8.24. The van der Waals surface area contributed by atoms with E-state index in [4.69, 9.17) is 14.4 Å². The molecule has 47 heavy (non-hydrogen) atoms. The zero-order valence-corrected chi connectivity index (χ0v) is 25.7. The standard InChI is InChI=1S/C43H31N3O/c1-3-10-28(11-4-1)35-24-25-36-39(27-35)47-38-17-9-16-37(40(36)38)43-45-41(31-13-5-2-6-14-31)44-42(46-43)32-21-18-30(19-22-32)34-23-20-29-12-7-8-15-33(29)26-34/h1,3-5,7-27,43H,2,6H2,(H,44,45,46). The van der Waals surface area contributed by atoms with Gasteiger partial charge in [-0.3, -0.25) is 0 Å². The first-order valence-corrected chi connectivity index (χ1v) is 16.2. The topological polar surface area (TPSA) is 49.9 Å². The molecule has 7 aromatic rings. The second kappa shape index (κ2) is 11.4. The second-order valence-electron chi connectivity index (χ2n) is 12.1.